The zero-order valence-electron chi connectivity index (χ0n) is 28.1. The maximum atomic E-state index is 5.61. The maximum Gasteiger partial charge on any atom is 0.0981 e. The highest BCUT2D eigenvalue weighted by Crippen LogP contribution is 2.49. The predicted molar refractivity (Wildman–Crippen MR) is 223 cm³/mol. The van der Waals surface area contributed by atoms with E-state index in [1.807, 2.05) is 17.6 Å². The van der Waals surface area contributed by atoms with Crippen LogP contribution in [0.3, 0.4) is 0 Å². The van der Waals surface area contributed by atoms with E-state index in [0.717, 1.165) is 5.56 Å². The summed E-state index contributed by atoms with van der Waals surface area (Å²) in [7, 11) is 0. The van der Waals surface area contributed by atoms with E-state index in [4.69, 9.17) is 4.42 Å². The summed E-state index contributed by atoms with van der Waals surface area (Å²) in [5.74, 6) is 0. The number of thiophene rings is 1. The van der Waals surface area contributed by atoms with Crippen molar-refractivity contribution in [1.29, 1.82) is 0 Å². The summed E-state index contributed by atoms with van der Waals surface area (Å²) in [6.07, 6.45) is 3.63. The first kappa shape index (κ1) is 29.3. The molecule has 0 amide bonds. The average molecular weight is 679 g/mol. The van der Waals surface area contributed by atoms with Crippen LogP contribution in [0.5, 0.6) is 0 Å². The van der Waals surface area contributed by atoms with E-state index in [2.05, 4.69) is 170 Å². The highest BCUT2D eigenvalue weighted by Gasteiger charge is 2.21. The Kier molecular flexibility index (Phi) is 6.49. The third kappa shape index (κ3) is 4.28. The second-order valence-electron chi connectivity index (χ2n) is 13.6. The Balaban J connectivity index is 1.23. The largest absolute Gasteiger partial charge is 0.472 e. The Bertz CT molecular complexity index is 3050. The summed E-state index contributed by atoms with van der Waals surface area (Å²) in [5, 5.41) is 12.6. The van der Waals surface area contributed by atoms with E-state index in [1.165, 1.54) is 102 Å². The minimum Gasteiger partial charge on any atom is -0.472 e. The van der Waals surface area contributed by atoms with Crippen LogP contribution in [0.1, 0.15) is 0 Å². The fourth-order valence-electron chi connectivity index (χ4n) is 8.68. The van der Waals surface area contributed by atoms with Crippen molar-refractivity contribution >= 4 is 74.6 Å². The molecule has 0 radical (unpaired) electrons. The van der Waals surface area contributed by atoms with Gasteiger partial charge in [-0.2, -0.15) is 0 Å². The molecule has 0 atom stereocenters. The number of hydrogen-bond donors (Lipinski definition) is 0. The second kappa shape index (κ2) is 11.5. The van der Waals surface area contributed by atoms with Crippen molar-refractivity contribution in [3.63, 3.8) is 0 Å². The molecule has 0 bridgehead atoms. The van der Waals surface area contributed by atoms with E-state index >= 15 is 0 Å². The summed E-state index contributed by atoms with van der Waals surface area (Å²) in [5.41, 5.74) is 9.90. The third-order valence-electron chi connectivity index (χ3n) is 10.8. The molecule has 242 valence electrons. The van der Waals surface area contributed by atoms with E-state index < -0.39 is 0 Å². The van der Waals surface area contributed by atoms with Gasteiger partial charge in [-0.1, -0.05) is 146 Å². The Morgan fingerprint density at radius 2 is 0.827 bits per heavy atom. The summed E-state index contributed by atoms with van der Waals surface area (Å²) in [6, 6.07) is 62.4. The van der Waals surface area contributed by atoms with Crippen LogP contribution in [0.25, 0.3) is 108 Å². The summed E-state index contributed by atoms with van der Waals surface area (Å²) < 4.78 is 8.20. The normalized spacial score (nSPS) is 11.8. The minimum absolute atomic E-state index is 1.10. The molecular weight excluding hydrogens is 649 g/mol. The van der Waals surface area contributed by atoms with Crippen LogP contribution in [-0.4, -0.2) is 0 Å². The fourth-order valence-corrected chi connectivity index (χ4v) is 9.79. The first-order chi connectivity index (χ1) is 25.8. The van der Waals surface area contributed by atoms with Crippen LogP contribution in [0.15, 0.2) is 187 Å². The lowest BCUT2D eigenvalue weighted by molar-refractivity contribution is 0.568. The zero-order valence-corrected chi connectivity index (χ0v) is 29.0. The molecule has 1 nitrogen and oxygen atoms in total. The molecule has 0 saturated heterocycles. The monoisotopic (exact) mass is 678 g/mol. The topological polar surface area (TPSA) is 13.1 Å². The Hall–Kier alpha value is -6.48. The quantitative estimate of drug-likeness (QED) is 0.169. The molecule has 2 aromatic heterocycles. The van der Waals surface area contributed by atoms with E-state index in [9.17, 15) is 0 Å². The lowest BCUT2D eigenvalue weighted by atomic mass is 9.84. The molecule has 0 saturated carbocycles. The fraction of sp³-hybridized carbons (Fsp3) is 0. The van der Waals surface area contributed by atoms with Crippen LogP contribution >= 0.6 is 11.3 Å². The molecule has 11 rings (SSSR count). The van der Waals surface area contributed by atoms with Crippen LogP contribution < -0.4 is 0 Å². The van der Waals surface area contributed by atoms with Crippen molar-refractivity contribution in [2.45, 2.75) is 0 Å². The first-order valence-corrected chi connectivity index (χ1v) is 18.6. The molecule has 52 heavy (non-hydrogen) atoms. The first-order valence-electron chi connectivity index (χ1n) is 17.7. The van der Waals surface area contributed by atoms with Crippen LogP contribution in [0.2, 0.25) is 0 Å². The van der Waals surface area contributed by atoms with Crippen molar-refractivity contribution in [3.05, 3.63) is 182 Å². The lowest BCUT2D eigenvalue weighted by Gasteiger charge is -2.18. The number of furan rings is 1. The molecule has 0 aliphatic rings. The van der Waals surface area contributed by atoms with Gasteiger partial charge in [-0.15, -0.1) is 11.3 Å². The van der Waals surface area contributed by atoms with Gasteiger partial charge < -0.3 is 4.42 Å². The molecule has 0 spiro atoms. The summed E-state index contributed by atoms with van der Waals surface area (Å²) in [4.78, 5) is 0. The number of fused-ring (bicyclic) bond motifs is 7. The number of rotatable bonds is 4. The van der Waals surface area contributed by atoms with Gasteiger partial charge >= 0.3 is 0 Å². The molecule has 0 aliphatic carbocycles. The number of benzene rings is 9. The predicted octanol–water partition coefficient (Wildman–Crippen LogP) is 14.9. The van der Waals surface area contributed by atoms with Crippen LogP contribution in [0.4, 0.5) is 0 Å². The standard InChI is InChI=1S/C50H30OS/c1-2-13-31(14-3-1)46-34-15-4-6-17-36(34)47(37-18-7-5-16-35(37)46)32-25-26-44-43(29-32)50-42(23-12-24-45(50)52-44)49-40-21-10-8-19-38(40)48(33-27-28-51-30-33)39-20-9-11-22-41(39)49/h1-30H. The van der Waals surface area contributed by atoms with Crippen molar-refractivity contribution < 1.29 is 4.42 Å². The van der Waals surface area contributed by atoms with Gasteiger partial charge in [0.05, 0.1) is 12.5 Å². The third-order valence-corrected chi connectivity index (χ3v) is 11.9. The van der Waals surface area contributed by atoms with Gasteiger partial charge in [-0.25, -0.2) is 0 Å². The summed E-state index contributed by atoms with van der Waals surface area (Å²) in [6.45, 7) is 0. The lowest BCUT2D eigenvalue weighted by Crippen LogP contribution is -1.91. The van der Waals surface area contributed by atoms with Gasteiger partial charge in [0.2, 0.25) is 0 Å². The SMILES string of the molecule is c1ccc(-c2c3ccccc3c(-c3ccc4sc5cccc(-c6c7ccccc7c(-c7ccoc7)c7ccccc67)c5c4c3)c3ccccc23)cc1. The van der Waals surface area contributed by atoms with E-state index in [1.54, 1.807) is 6.26 Å². The molecule has 0 fully saturated rings. The maximum absolute atomic E-state index is 5.61. The molecule has 11 aromatic rings. The van der Waals surface area contributed by atoms with Crippen molar-refractivity contribution in [3.8, 4) is 44.5 Å². The Labute approximate surface area is 304 Å². The van der Waals surface area contributed by atoms with Gasteiger partial charge in [-0.3, -0.25) is 0 Å². The molecule has 2 heterocycles. The van der Waals surface area contributed by atoms with E-state index in [-0.39, 0.29) is 0 Å². The Morgan fingerprint density at radius 1 is 0.327 bits per heavy atom. The molecular formula is C50H30OS. The van der Waals surface area contributed by atoms with E-state index in [0.29, 0.717) is 0 Å². The van der Waals surface area contributed by atoms with Gasteiger partial charge in [-0.05, 0) is 101 Å². The van der Waals surface area contributed by atoms with Crippen molar-refractivity contribution in [2.75, 3.05) is 0 Å². The van der Waals surface area contributed by atoms with Gasteiger partial charge in [0.25, 0.3) is 0 Å². The second-order valence-corrected chi connectivity index (χ2v) is 14.6. The van der Waals surface area contributed by atoms with Crippen molar-refractivity contribution in [2.24, 2.45) is 0 Å². The molecule has 0 unspecified atom stereocenters. The molecule has 0 aliphatic heterocycles. The highest BCUT2D eigenvalue weighted by molar-refractivity contribution is 7.26. The zero-order chi connectivity index (χ0) is 34.2. The minimum atomic E-state index is 1.10. The summed E-state index contributed by atoms with van der Waals surface area (Å²) >= 11 is 1.88. The average Bonchev–Trinajstić information content (AvgIpc) is 3.88. The van der Waals surface area contributed by atoms with Gasteiger partial charge in [0.1, 0.15) is 0 Å². The highest BCUT2D eigenvalue weighted by atomic mass is 32.1. The molecule has 0 N–H and O–H groups in total. The Morgan fingerprint density at radius 3 is 1.37 bits per heavy atom. The molecule has 2 heteroatoms. The van der Waals surface area contributed by atoms with Crippen molar-refractivity contribution in [1.82, 2.24) is 0 Å². The number of hydrogen-bond acceptors (Lipinski definition) is 2. The smallest absolute Gasteiger partial charge is 0.0981 e. The molecule has 9 aromatic carbocycles. The van der Waals surface area contributed by atoms with Gasteiger partial charge in [0.15, 0.2) is 0 Å². The van der Waals surface area contributed by atoms with Crippen LogP contribution in [0, 0.1) is 0 Å². The van der Waals surface area contributed by atoms with Gasteiger partial charge in [0, 0.05) is 31.3 Å². The van der Waals surface area contributed by atoms with Crippen LogP contribution in [-0.2, 0) is 0 Å².